The van der Waals surface area contributed by atoms with E-state index < -0.39 is 29.2 Å². The van der Waals surface area contributed by atoms with Crippen molar-refractivity contribution in [3.05, 3.63) is 29.5 Å². The topological polar surface area (TPSA) is 93.2 Å². The Bertz CT molecular complexity index is 913. The molecule has 0 saturated carbocycles. The zero-order chi connectivity index (χ0) is 23.3. The molecule has 0 N–H and O–H groups in total. The maximum absolute atomic E-state index is 13.1. The molecule has 1 aromatic carbocycles. The minimum Gasteiger partial charge on any atom is -0.493 e. The Morgan fingerprint density at radius 3 is 2.19 bits per heavy atom. The quantitative estimate of drug-likeness (QED) is 0.369. The highest BCUT2D eigenvalue weighted by Gasteiger charge is 2.49. The zero-order valence-corrected chi connectivity index (χ0v) is 19.0. The van der Waals surface area contributed by atoms with E-state index in [-0.39, 0.29) is 12.1 Å². The molecule has 8 nitrogen and oxygen atoms in total. The van der Waals surface area contributed by atoms with Gasteiger partial charge in [-0.15, -0.1) is 0 Å². The summed E-state index contributed by atoms with van der Waals surface area (Å²) in [6.07, 6.45) is 3.83. The second-order valence-corrected chi connectivity index (χ2v) is 8.31. The first kappa shape index (κ1) is 24.1. The predicted octanol–water partition coefficient (Wildman–Crippen LogP) is 3.99. The maximum Gasteiger partial charge on any atom is 0.345 e. The van der Waals surface area contributed by atoms with Crippen LogP contribution in [0.5, 0.6) is 11.5 Å². The van der Waals surface area contributed by atoms with Crippen molar-refractivity contribution in [2.75, 3.05) is 14.2 Å². The monoisotopic (exact) mass is 430 g/mol. The van der Waals surface area contributed by atoms with Crippen LogP contribution >= 0.6 is 0 Å². The molecule has 0 bridgehead atoms. The number of hydrogen-bond donors (Lipinski definition) is 0. The van der Waals surface area contributed by atoms with Crippen molar-refractivity contribution in [3.8, 4) is 11.5 Å². The van der Waals surface area contributed by atoms with E-state index in [9.17, 15) is 19.2 Å². The first-order valence-electron chi connectivity index (χ1n) is 10.3. The van der Waals surface area contributed by atoms with Crippen molar-refractivity contribution in [1.82, 2.24) is 9.80 Å². The van der Waals surface area contributed by atoms with Gasteiger partial charge >= 0.3 is 6.03 Å². The van der Waals surface area contributed by atoms with Crippen molar-refractivity contribution in [1.29, 1.82) is 0 Å². The smallest absolute Gasteiger partial charge is 0.345 e. The highest BCUT2D eigenvalue weighted by molar-refractivity contribution is 6.27. The number of nitrogens with zero attached hydrogens (tertiary/aromatic N) is 2. The Morgan fingerprint density at radius 1 is 1.00 bits per heavy atom. The number of carbonyl (C=O) groups is 4. The molecular formula is C23H30N2O6. The van der Waals surface area contributed by atoms with Gasteiger partial charge in [0.25, 0.3) is 5.91 Å². The lowest BCUT2D eigenvalue weighted by atomic mass is 9.95. The van der Waals surface area contributed by atoms with Crippen LogP contribution in [0.2, 0.25) is 0 Å². The van der Waals surface area contributed by atoms with Crippen LogP contribution in [0.3, 0.4) is 0 Å². The van der Waals surface area contributed by atoms with Crippen LogP contribution in [0, 0.1) is 5.41 Å². The molecule has 1 saturated heterocycles. The molecule has 1 aliphatic rings. The highest BCUT2D eigenvalue weighted by atomic mass is 16.5. The summed E-state index contributed by atoms with van der Waals surface area (Å²) in [5, 5.41) is 0. The summed E-state index contributed by atoms with van der Waals surface area (Å²) >= 11 is 0. The third kappa shape index (κ3) is 5.13. The number of hydrogen-bond acceptors (Lipinski definition) is 6. The molecular weight excluding hydrogens is 400 g/mol. The number of benzene rings is 1. The summed E-state index contributed by atoms with van der Waals surface area (Å²) in [5.74, 6) is -1.07. The van der Waals surface area contributed by atoms with E-state index in [2.05, 4.69) is 0 Å². The molecule has 1 heterocycles. The Kier molecular flexibility index (Phi) is 7.60. The first-order valence-corrected chi connectivity index (χ1v) is 10.3. The Labute approximate surface area is 182 Å². The van der Waals surface area contributed by atoms with Crippen molar-refractivity contribution in [3.63, 3.8) is 0 Å². The van der Waals surface area contributed by atoms with Crippen LogP contribution in [-0.2, 0) is 14.4 Å². The van der Waals surface area contributed by atoms with E-state index in [0.29, 0.717) is 28.4 Å². The number of rotatable bonds is 7. The molecule has 1 aromatic rings. The lowest BCUT2D eigenvalue weighted by Crippen LogP contribution is -2.45. The van der Waals surface area contributed by atoms with Crippen LogP contribution < -0.4 is 9.47 Å². The lowest BCUT2D eigenvalue weighted by molar-refractivity contribution is -0.143. The number of unbranched alkanes of at least 4 members (excludes halogenated alkanes) is 2. The van der Waals surface area contributed by atoms with E-state index in [1.807, 2.05) is 6.92 Å². The average molecular weight is 431 g/mol. The number of amides is 5. The van der Waals surface area contributed by atoms with E-state index in [0.717, 1.165) is 17.7 Å². The Balaban J connectivity index is 2.52. The molecule has 0 aliphatic carbocycles. The van der Waals surface area contributed by atoms with E-state index in [4.69, 9.17) is 9.47 Å². The standard InChI is InChI=1S/C23H30N2O6/c1-7-8-9-10-19(26)24-16(13-15-11-12-17(30-5)18(14-15)31-6)20(27)25(22(24)29)21(28)23(2,3)4/h11-14H,7-10H2,1-6H3/b16-13-. The van der Waals surface area contributed by atoms with Crippen LogP contribution in [0.1, 0.15) is 58.9 Å². The third-order valence-electron chi connectivity index (χ3n) is 4.84. The molecule has 0 radical (unpaired) electrons. The van der Waals surface area contributed by atoms with Gasteiger partial charge in [-0.05, 0) is 30.2 Å². The van der Waals surface area contributed by atoms with Crippen molar-refractivity contribution in [2.24, 2.45) is 5.41 Å². The summed E-state index contributed by atoms with van der Waals surface area (Å²) in [4.78, 5) is 53.1. The second-order valence-electron chi connectivity index (χ2n) is 8.31. The molecule has 2 rings (SSSR count). The van der Waals surface area contributed by atoms with Crippen LogP contribution in [0.15, 0.2) is 23.9 Å². The van der Waals surface area contributed by atoms with E-state index >= 15 is 0 Å². The van der Waals surface area contributed by atoms with Crippen molar-refractivity contribution >= 4 is 29.8 Å². The van der Waals surface area contributed by atoms with Crippen LogP contribution in [0.25, 0.3) is 6.08 Å². The van der Waals surface area contributed by atoms with Gasteiger partial charge < -0.3 is 9.47 Å². The normalized spacial score (nSPS) is 15.6. The zero-order valence-electron chi connectivity index (χ0n) is 19.0. The number of carbonyl (C=O) groups excluding carboxylic acids is 4. The van der Waals surface area contributed by atoms with Gasteiger partial charge in [0.15, 0.2) is 11.5 Å². The predicted molar refractivity (Wildman–Crippen MR) is 115 cm³/mol. The van der Waals surface area contributed by atoms with Gasteiger partial charge in [-0.1, -0.05) is 46.6 Å². The molecule has 1 aliphatic heterocycles. The summed E-state index contributed by atoms with van der Waals surface area (Å²) in [6, 6.07) is 4.01. The Morgan fingerprint density at radius 2 is 1.65 bits per heavy atom. The number of imide groups is 4. The SMILES string of the molecule is CCCCCC(=O)N1C(=O)N(C(=O)C(C)(C)C)C(=O)/C1=C/c1ccc(OC)c(OC)c1. The average Bonchev–Trinajstić information content (AvgIpc) is 2.96. The van der Waals surface area contributed by atoms with Gasteiger partial charge in [0.2, 0.25) is 11.8 Å². The fourth-order valence-corrected chi connectivity index (χ4v) is 3.12. The molecule has 0 atom stereocenters. The van der Waals surface area contributed by atoms with Crippen molar-refractivity contribution < 1.29 is 28.7 Å². The molecule has 5 amide bonds. The number of urea groups is 1. The number of ether oxygens (including phenoxy) is 2. The van der Waals surface area contributed by atoms with Crippen LogP contribution in [-0.4, -0.2) is 47.8 Å². The first-order chi connectivity index (χ1) is 14.6. The highest BCUT2D eigenvalue weighted by Crippen LogP contribution is 2.32. The largest absolute Gasteiger partial charge is 0.493 e. The molecule has 0 unspecified atom stereocenters. The van der Waals surface area contributed by atoms with Gasteiger partial charge in [0.1, 0.15) is 5.70 Å². The lowest BCUT2D eigenvalue weighted by Gasteiger charge is -2.22. The fraction of sp³-hybridized carbons (Fsp3) is 0.478. The summed E-state index contributed by atoms with van der Waals surface area (Å²) < 4.78 is 10.5. The molecule has 8 heteroatoms. The van der Waals surface area contributed by atoms with E-state index in [1.54, 1.807) is 39.0 Å². The summed E-state index contributed by atoms with van der Waals surface area (Å²) in [6.45, 7) is 6.83. The fourth-order valence-electron chi connectivity index (χ4n) is 3.12. The third-order valence-corrected chi connectivity index (χ3v) is 4.84. The maximum atomic E-state index is 13.1. The minimum atomic E-state index is -0.971. The van der Waals surface area contributed by atoms with E-state index in [1.165, 1.54) is 20.3 Å². The van der Waals surface area contributed by atoms with Gasteiger partial charge in [0, 0.05) is 11.8 Å². The van der Waals surface area contributed by atoms with Gasteiger partial charge in [-0.2, -0.15) is 4.90 Å². The van der Waals surface area contributed by atoms with Gasteiger partial charge in [0.05, 0.1) is 14.2 Å². The molecule has 31 heavy (non-hydrogen) atoms. The molecule has 0 aromatic heterocycles. The summed E-state index contributed by atoms with van der Waals surface area (Å²) in [5.41, 5.74) is -0.609. The molecule has 0 spiro atoms. The van der Waals surface area contributed by atoms with Gasteiger partial charge in [-0.3, -0.25) is 14.4 Å². The van der Waals surface area contributed by atoms with Crippen LogP contribution in [0.4, 0.5) is 4.79 Å². The van der Waals surface area contributed by atoms with Gasteiger partial charge in [-0.25, -0.2) is 9.69 Å². The molecule has 168 valence electrons. The summed E-state index contributed by atoms with van der Waals surface area (Å²) in [7, 11) is 2.98. The Hall–Kier alpha value is -3.16. The second kappa shape index (κ2) is 9.76. The molecule has 1 fully saturated rings. The van der Waals surface area contributed by atoms with Crippen molar-refractivity contribution in [2.45, 2.75) is 53.4 Å². The minimum absolute atomic E-state index is 0.105. The number of methoxy groups -OCH3 is 2.